The summed E-state index contributed by atoms with van der Waals surface area (Å²) < 4.78 is 0.0329. The number of nitrogens with zero attached hydrogens (tertiary/aromatic N) is 4. The van der Waals surface area contributed by atoms with Crippen molar-refractivity contribution in [3.8, 4) is 6.07 Å². The molecular weight excluding hydrogens is 296 g/mol. The van der Waals surface area contributed by atoms with Gasteiger partial charge in [-0.15, -0.1) is 4.74 Å². The number of hydroxylamine groups is 3. The van der Waals surface area contributed by atoms with Crippen molar-refractivity contribution in [2.45, 2.75) is 38.9 Å². The second-order valence-corrected chi connectivity index (χ2v) is 6.25. The number of carbonyl (C=O) groups excluding carboxylic acids is 1. The van der Waals surface area contributed by atoms with E-state index in [1.165, 1.54) is 12.1 Å². The predicted molar refractivity (Wildman–Crippen MR) is 84.2 cm³/mol. The van der Waals surface area contributed by atoms with Crippen LogP contribution in [0.25, 0.3) is 0 Å². The first kappa shape index (κ1) is 16.8. The van der Waals surface area contributed by atoms with Crippen LogP contribution in [0.4, 0.5) is 0 Å². The summed E-state index contributed by atoms with van der Waals surface area (Å²) in [6.45, 7) is 6.54. The van der Waals surface area contributed by atoms with Gasteiger partial charge >= 0.3 is 11.6 Å². The molecule has 0 radical (unpaired) electrons. The van der Waals surface area contributed by atoms with Crippen LogP contribution in [0.2, 0.25) is 0 Å². The number of hydrogen-bond acceptors (Lipinski definition) is 6. The lowest BCUT2D eigenvalue weighted by Crippen LogP contribution is -2.52. The number of benzene rings is 1. The van der Waals surface area contributed by atoms with Crippen LogP contribution in [-0.4, -0.2) is 43.5 Å². The van der Waals surface area contributed by atoms with Crippen molar-refractivity contribution >= 4 is 17.3 Å². The molecule has 1 aromatic carbocycles. The summed E-state index contributed by atoms with van der Waals surface area (Å²) in [4.78, 5) is 16.5. The molecule has 1 aromatic rings. The summed E-state index contributed by atoms with van der Waals surface area (Å²) in [5.41, 5.74) is -2.25. The Morgan fingerprint density at radius 2 is 1.87 bits per heavy atom. The van der Waals surface area contributed by atoms with E-state index >= 15 is 0 Å². The normalized spacial score (nSPS) is 20.4. The topological polar surface area (TPSA) is 103 Å². The van der Waals surface area contributed by atoms with E-state index in [1.54, 1.807) is 52.0 Å². The zero-order chi connectivity index (χ0) is 17.4. The maximum atomic E-state index is 12.4. The minimum Gasteiger partial charge on any atom is -0.615 e. The molecule has 0 unspecified atom stereocenters. The fraction of sp³-hybridized carbons (Fsp3) is 0.375. The van der Waals surface area contributed by atoms with Gasteiger partial charge in [-0.3, -0.25) is 4.99 Å². The van der Waals surface area contributed by atoms with Crippen LogP contribution in [-0.2, 0) is 0 Å². The van der Waals surface area contributed by atoms with Gasteiger partial charge in [0.1, 0.15) is 11.4 Å². The van der Waals surface area contributed by atoms with Gasteiger partial charge in [0.15, 0.2) is 6.07 Å². The van der Waals surface area contributed by atoms with E-state index in [2.05, 4.69) is 4.99 Å². The van der Waals surface area contributed by atoms with Crippen LogP contribution < -0.4 is 0 Å². The van der Waals surface area contributed by atoms with Crippen molar-refractivity contribution in [2.75, 3.05) is 0 Å². The molecule has 1 aliphatic heterocycles. The molecule has 0 saturated carbocycles. The highest BCUT2D eigenvalue weighted by atomic mass is 16.5. The third-order valence-electron chi connectivity index (χ3n) is 3.75. The smallest absolute Gasteiger partial charge is 0.431 e. The molecule has 1 heterocycles. The summed E-state index contributed by atoms with van der Waals surface area (Å²) in [5, 5.41) is 33.0. The summed E-state index contributed by atoms with van der Waals surface area (Å²) >= 11 is 0. The molecule has 0 saturated heterocycles. The molecule has 0 bridgehead atoms. The van der Waals surface area contributed by atoms with E-state index in [1.807, 2.05) is 0 Å². The molecule has 1 aliphatic rings. The Balaban J connectivity index is 2.56. The number of amides is 1. The maximum absolute atomic E-state index is 12.4. The predicted octanol–water partition coefficient (Wildman–Crippen LogP) is 1.96. The summed E-state index contributed by atoms with van der Waals surface area (Å²) in [7, 11) is 0. The molecule has 0 spiro atoms. The van der Waals surface area contributed by atoms with Crippen molar-refractivity contribution < 1.29 is 14.7 Å². The molecule has 0 aliphatic carbocycles. The van der Waals surface area contributed by atoms with Crippen LogP contribution in [0, 0.1) is 16.5 Å². The minimum absolute atomic E-state index is 0.0329. The lowest BCUT2D eigenvalue weighted by molar-refractivity contribution is -0.349. The molecule has 0 fully saturated rings. The minimum atomic E-state index is -1.08. The zero-order valence-corrected chi connectivity index (χ0v) is 13.4. The first-order valence-electron chi connectivity index (χ1n) is 7.06. The summed E-state index contributed by atoms with van der Waals surface area (Å²) in [6, 6.07) is 9.71. The second-order valence-electron chi connectivity index (χ2n) is 6.25. The molecule has 7 heteroatoms. The van der Waals surface area contributed by atoms with Crippen molar-refractivity contribution in [3.63, 3.8) is 0 Å². The fourth-order valence-electron chi connectivity index (χ4n) is 2.58. The first-order chi connectivity index (χ1) is 10.6. The fourth-order valence-corrected chi connectivity index (χ4v) is 2.58. The van der Waals surface area contributed by atoms with E-state index in [-0.39, 0.29) is 16.0 Å². The maximum Gasteiger partial charge on any atom is 0.431 e. The van der Waals surface area contributed by atoms with Gasteiger partial charge in [-0.25, -0.2) is 4.79 Å². The van der Waals surface area contributed by atoms with E-state index in [0.717, 1.165) is 5.06 Å². The highest BCUT2D eigenvalue weighted by Crippen LogP contribution is 2.33. The molecule has 7 nitrogen and oxygen atoms in total. The monoisotopic (exact) mass is 314 g/mol. The Labute approximate surface area is 134 Å². The molecular formula is C16H18N4O3. The summed E-state index contributed by atoms with van der Waals surface area (Å²) in [5.74, 6) is -0.852. The number of hydrogen-bond donors (Lipinski definition) is 1. The van der Waals surface area contributed by atoms with Gasteiger partial charge in [0.25, 0.3) is 0 Å². The number of nitriles is 1. The number of aliphatic imine (C=N–C) groups is 1. The molecule has 1 amide bonds. The standard InChI is InChI=1S/C16H18N4O3/c1-15(2)13(18-16(3,4)20(15)23)12(10-17)19(22)14(21)11-8-6-5-7-9-11/h5-9,23H,1-4H3/b19-12+. The number of rotatable bonds is 2. The van der Waals surface area contributed by atoms with Gasteiger partial charge in [-0.05, 0) is 39.8 Å². The Hall–Kier alpha value is -2.56. The molecule has 120 valence electrons. The average molecular weight is 314 g/mol. The molecule has 2 rings (SSSR count). The van der Waals surface area contributed by atoms with Crippen LogP contribution in [0.1, 0.15) is 38.1 Å². The van der Waals surface area contributed by atoms with Gasteiger partial charge in [0, 0.05) is 0 Å². The van der Waals surface area contributed by atoms with Gasteiger partial charge in [0.05, 0.1) is 11.1 Å². The molecule has 0 aromatic heterocycles. The average Bonchev–Trinajstić information content (AvgIpc) is 2.68. The van der Waals surface area contributed by atoms with Crippen LogP contribution in [0.5, 0.6) is 0 Å². The van der Waals surface area contributed by atoms with Gasteiger partial charge in [-0.2, -0.15) is 10.3 Å². The Morgan fingerprint density at radius 1 is 1.30 bits per heavy atom. The molecule has 0 atom stereocenters. The van der Waals surface area contributed by atoms with Gasteiger partial charge in [0.2, 0.25) is 0 Å². The quantitative estimate of drug-likeness (QED) is 0.389. The first-order valence-corrected chi connectivity index (χ1v) is 7.06. The lowest BCUT2D eigenvalue weighted by atomic mass is 9.95. The molecule has 1 N–H and O–H groups in total. The Morgan fingerprint density at radius 3 is 2.30 bits per heavy atom. The Kier molecular flexibility index (Phi) is 4.07. The third kappa shape index (κ3) is 2.74. The van der Waals surface area contributed by atoms with Crippen molar-refractivity contribution in [1.82, 2.24) is 5.06 Å². The van der Waals surface area contributed by atoms with E-state index in [4.69, 9.17) is 0 Å². The third-order valence-corrected chi connectivity index (χ3v) is 3.75. The van der Waals surface area contributed by atoms with Crippen LogP contribution in [0.15, 0.2) is 35.3 Å². The van der Waals surface area contributed by atoms with Crippen LogP contribution in [0.3, 0.4) is 0 Å². The van der Waals surface area contributed by atoms with E-state index in [0.29, 0.717) is 0 Å². The lowest BCUT2D eigenvalue weighted by Gasteiger charge is -2.33. The highest BCUT2D eigenvalue weighted by Gasteiger charge is 2.51. The summed E-state index contributed by atoms with van der Waals surface area (Å²) in [6.07, 6.45) is 0. The largest absolute Gasteiger partial charge is 0.615 e. The van der Waals surface area contributed by atoms with Gasteiger partial charge < -0.3 is 10.4 Å². The van der Waals surface area contributed by atoms with Gasteiger partial charge in [-0.1, -0.05) is 18.2 Å². The SMILES string of the molecule is CC1(C)N=C(/C(C#N)=[N+](/[O-])C(=O)c2ccccc2)C(C)(C)N1O. The van der Waals surface area contributed by atoms with E-state index < -0.39 is 22.8 Å². The zero-order valence-electron chi connectivity index (χ0n) is 13.4. The van der Waals surface area contributed by atoms with Crippen molar-refractivity contribution in [2.24, 2.45) is 4.99 Å². The van der Waals surface area contributed by atoms with Crippen molar-refractivity contribution in [1.29, 1.82) is 5.26 Å². The molecule has 23 heavy (non-hydrogen) atoms. The van der Waals surface area contributed by atoms with Crippen molar-refractivity contribution in [3.05, 3.63) is 41.1 Å². The Bertz CT molecular complexity index is 742. The number of carbonyl (C=O) groups is 1. The second kappa shape index (κ2) is 5.57. The van der Waals surface area contributed by atoms with E-state index in [9.17, 15) is 20.5 Å². The van der Waals surface area contributed by atoms with Crippen LogP contribution >= 0.6 is 0 Å². The highest BCUT2D eigenvalue weighted by molar-refractivity contribution is 6.50.